The van der Waals surface area contributed by atoms with Crippen molar-refractivity contribution in [2.75, 3.05) is 13.2 Å². The zero-order valence-corrected chi connectivity index (χ0v) is 18.2. The summed E-state index contributed by atoms with van der Waals surface area (Å²) in [5.74, 6) is -0.523. The van der Waals surface area contributed by atoms with Crippen LogP contribution in [0.1, 0.15) is 24.3 Å². The van der Waals surface area contributed by atoms with Gasteiger partial charge >= 0.3 is 13.5 Å². The number of aromatic nitrogens is 2. The fourth-order valence-corrected chi connectivity index (χ4v) is 5.02. The van der Waals surface area contributed by atoms with Crippen LogP contribution in [0.2, 0.25) is 0 Å². The van der Waals surface area contributed by atoms with Crippen LogP contribution < -0.4 is 11.2 Å². The number of hydrogen-bond acceptors (Lipinski definition) is 10. The van der Waals surface area contributed by atoms with Gasteiger partial charge < -0.3 is 14.9 Å². The number of azide groups is 1. The predicted molar refractivity (Wildman–Crippen MR) is 110 cm³/mol. The SMILES string of the molecule is [N-]=[N+]=N[C@]1(CO[P@]2(=O)OCC[C@H](c3cccc(F)c3)O2)O[C@@H](n2ccc(=O)[nH]c2=O)[C@H](O)[C@@H]1O. The van der Waals surface area contributed by atoms with Gasteiger partial charge in [-0.15, -0.1) is 0 Å². The van der Waals surface area contributed by atoms with Gasteiger partial charge in [-0.25, -0.2) is 13.8 Å². The Labute approximate surface area is 189 Å². The molecule has 0 radical (unpaired) electrons. The summed E-state index contributed by atoms with van der Waals surface area (Å²) in [4.78, 5) is 27.9. The maximum atomic E-state index is 13.6. The molecule has 34 heavy (non-hydrogen) atoms. The molecule has 0 bridgehead atoms. The molecule has 0 spiro atoms. The number of aromatic amines is 1. The molecule has 2 aliphatic heterocycles. The second-order valence-corrected chi connectivity index (χ2v) is 9.11. The molecule has 4 rings (SSSR count). The van der Waals surface area contributed by atoms with Crippen LogP contribution in [0.15, 0.2) is 51.2 Å². The highest BCUT2D eigenvalue weighted by atomic mass is 31.2. The molecule has 2 aliphatic rings. The standard InChI is InChI=1S/C18H19FN5O9P/c19-11-3-1-2-10(8-11)12-5-7-30-34(29,33-12)31-9-18(22-23-20)15(27)14(26)16(32-18)24-6-4-13(25)21-17(24)28/h1-4,6,8,12,14-16,26-27H,5,7,9H2,(H,21,25,28)/t12-,14-,15+,16-,18-,34+/m1/s1. The van der Waals surface area contributed by atoms with E-state index in [4.69, 9.17) is 23.8 Å². The summed E-state index contributed by atoms with van der Waals surface area (Å²) < 4.78 is 48.7. The smallest absolute Gasteiger partial charge is 0.387 e. The fraction of sp³-hybridized carbons (Fsp3) is 0.444. The number of aliphatic hydroxyl groups excluding tert-OH is 2. The Bertz CT molecular complexity index is 1280. The quantitative estimate of drug-likeness (QED) is 0.226. The van der Waals surface area contributed by atoms with Gasteiger partial charge in [0.1, 0.15) is 18.0 Å². The van der Waals surface area contributed by atoms with Gasteiger partial charge in [0.05, 0.1) is 19.3 Å². The number of phosphoric acid groups is 1. The highest BCUT2D eigenvalue weighted by Crippen LogP contribution is 2.58. The number of aliphatic hydroxyl groups is 2. The van der Waals surface area contributed by atoms with Gasteiger partial charge in [-0.3, -0.25) is 27.9 Å². The lowest BCUT2D eigenvalue weighted by molar-refractivity contribution is -0.127. The molecule has 3 N–H and O–H groups in total. The van der Waals surface area contributed by atoms with Gasteiger partial charge in [0.2, 0.25) is 5.72 Å². The van der Waals surface area contributed by atoms with E-state index in [1.165, 1.54) is 18.2 Å². The van der Waals surface area contributed by atoms with Crippen molar-refractivity contribution in [3.63, 3.8) is 0 Å². The number of hydrogen-bond donors (Lipinski definition) is 3. The summed E-state index contributed by atoms with van der Waals surface area (Å²) in [7, 11) is -4.32. The van der Waals surface area contributed by atoms with Crippen molar-refractivity contribution in [3.8, 4) is 0 Å². The van der Waals surface area contributed by atoms with E-state index in [1.54, 1.807) is 6.07 Å². The van der Waals surface area contributed by atoms with E-state index in [1.807, 2.05) is 4.98 Å². The molecule has 2 saturated heterocycles. The summed E-state index contributed by atoms with van der Waals surface area (Å²) in [5, 5.41) is 24.4. The highest BCUT2D eigenvalue weighted by Gasteiger charge is 2.56. The first-order chi connectivity index (χ1) is 16.2. The Hall–Kier alpha value is -2.87. The Kier molecular flexibility index (Phi) is 6.71. The predicted octanol–water partition coefficient (Wildman–Crippen LogP) is 1.24. The molecule has 0 unspecified atom stereocenters. The number of nitrogens with zero attached hydrogens (tertiary/aromatic N) is 4. The number of ether oxygens (including phenoxy) is 1. The molecule has 1 aromatic heterocycles. The van der Waals surface area contributed by atoms with Gasteiger partial charge in [0.25, 0.3) is 5.56 Å². The van der Waals surface area contributed by atoms with E-state index >= 15 is 0 Å². The molecule has 6 atom stereocenters. The second-order valence-electron chi connectivity index (χ2n) is 7.49. The number of nitrogens with one attached hydrogen (secondary N) is 1. The normalized spacial score (nSPS) is 33.4. The van der Waals surface area contributed by atoms with Crippen molar-refractivity contribution in [2.45, 2.75) is 36.7 Å². The minimum absolute atomic E-state index is 0.0750. The van der Waals surface area contributed by atoms with Crippen molar-refractivity contribution < 1.29 is 37.5 Å². The minimum atomic E-state index is -4.32. The lowest BCUT2D eigenvalue weighted by Gasteiger charge is -2.32. The number of phosphoric ester groups is 1. The largest absolute Gasteiger partial charge is 0.475 e. The van der Waals surface area contributed by atoms with E-state index in [9.17, 15) is 28.8 Å². The highest BCUT2D eigenvalue weighted by molar-refractivity contribution is 7.48. The van der Waals surface area contributed by atoms with E-state index in [2.05, 4.69) is 10.0 Å². The molecule has 182 valence electrons. The van der Waals surface area contributed by atoms with E-state index in [0.29, 0.717) is 5.56 Å². The van der Waals surface area contributed by atoms with Gasteiger partial charge in [-0.2, -0.15) is 0 Å². The summed E-state index contributed by atoms with van der Waals surface area (Å²) in [6, 6.07) is 6.43. The van der Waals surface area contributed by atoms with Crippen molar-refractivity contribution >= 4 is 7.82 Å². The van der Waals surface area contributed by atoms with Gasteiger partial charge in [-0.05, 0) is 23.2 Å². The zero-order chi connectivity index (χ0) is 24.5. The van der Waals surface area contributed by atoms with Crippen LogP contribution in [-0.4, -0.2) is 50.9 Å². The molecule has 3 heterocycles. The second kappa shape index (κ2) is 9.41. The topological polar surface area (TPSA) is 198 Å². The van der Waals surface area contributed by atoms with Crippen LogP contribution in [0.25, 0.3) is 10.4 Å². The fourth-order valence-electron chi connectivity index (χ4n) is 3.61. The van der Waals surface area contributed by atoms with Crippen molar-refractivity contribution in [1.82, 2.24) is 9.55 Å². The lowest BCUT2D eigenvalue weighted by Crippen LogP contribution is -2.45. The molecule has 0 amide bonds. The molecular weight excluding hydrogens is 480 g/mol. The van der Waals surface area contributed by atoms with Gasteiger partial charge in [0.15, 0.2) is 6.23 Å². The third-order valence-electron chi connectivity index (χ3n) is 5.28. The van der Waals surface area contributed by atoms with Crippen molar-refractivity contribution in [3.05, 3.63) is 79.2 Å². The van der Waals surface area contributed by atoms with E-state index in [-0.39, 0.29) is 13.0 Å². The number of H-pyrrole nitrogens is 1. The maximum absolute atomic E-state index is 13.6. The molecule has 1 aromatic carbocycles. The first kappa shape index (κ1) is 24.3. The van der Waals surface area contributed by atoms with Crippen LogP contribution in [0, 0.1) is 5.82 Å². The number of halogens is 1. The van der Waals surface area contributed by atoms with Crippen LogP contribution in [0.4, 0.5) is 4.39 Å². The molecular formula is C18H19FN5O9P. The number of rotatable bonds is 6. The molecule has 0 saturated carbocycles. The molecule has 0 aliphatic carbocycles. The Morgan fingerprint density at radius 2 is 2.18 bits per heavy atom. The molecule has 14 nitrogen and oxygen atoms in total. The van der Waals surface area contributed by atoms with Crippen LogP contribution in [0.3, 0.4) is 0 Å². The van der Waals surface area contributed by atoms with Gasteiger partial charge in [0, 0.05) is 23.6 Å². The summed E-state index contributed by atoms with van der Waals surface area (Å²) in [6.07, 6.45) is -4.93. The number of benzene rings is 1. The Morgan fingerprint density at radius 3 is 2.88 bits per heavy atom. The lowest BCUT2D eigenvalue weighted by atomic mass is 10.1. The average Bonchev–Trinajstić information content (AvgIpc) is 3.04. The zero-order valence-electron chi connectivity index (χ0n) is 17.3. The van der Waals surface area contributed by atoms with Crippen LogP contribution >= 0.6 is 7.82 Å². The van der Waals surface area contributed by atoms with Crippen molar-refractivity contribution in [2.24, 2.45) is 5.11 Å². The molecule has 2 aromatic rings. The summed E-state index contributed by atoms with van der Waals surface area (Å²) >= 11 is 0. The minimum Gasteiger partial charge on any atom is -0.387 e. The first-order valence-corrected chi connectivity index (χ1v) is 11.4. The van der Waals surface area contributed by atoms with Crippen LogP contribution in [0.5, 0.6) is 0 Å². The van der Waals surface area contributed by atoms with Crippen LogP contribution in [-0.2, 0) is 22.9 Å². The van der Waals surface area contributed by atoms with Crippen molar-refractivity contribution in [1.29, 1.82) is 0 Å². The van der Waals surface area contributed by atoms with E-state index in [0.717, 1.165) is 16.8 Å². The average molecular weight is 499 g/mol. The Morgan fingerprint density at radius 1 is 1.38 bits per heavy atom. The molecule has 16 heteroatoms. The maximum Gasteiger partial charge on any atom is 0.475 e. The summed E-state index contributed by atoms with van der Waals surface area (Å²) in [5.41, 5.74) is 5.38. The Balaban J connectivity index is 1.55. The summed E-state index contributed by atoms with van der Waals surface area (Å²) in [6.45, 7) is -0.981. The molecule has 2 fully saturated rings. The van der Waals surface area contributed by atoms with Gasteiger partial charge in [-0.1, -0.05) is 17.2 Å². The first-order valence-electron chi connectivity index (χ1n) is 9.91. The third kappa shape index (κ3) is 4.69. The van der Waals surface area contributed by atoms with E-state index < -0.39 is 61.8 Å². The monoisotopic (exact) mass is 499 g/mol. The third-order valence-corrected chi connectivity index (χ3v) is 6.73.